The Morgan fingerprint density at radius 1 is 1.40 bits per heavy atom. The molecule has 1 aliphatic rings. The SMILES string of the molecule is CN1C(=O)[N+](Cc2ccc(Cl)cc2Cl)(c2cncn2C)CC1C(N)=O. The van der Waals surface area contributed by atoms with Gasteiger partial charge in [0.15, 0.2) is 6.04 Å². The molecule has 3 amide bonds. The summed E-state index contributed by atoms with van der Waals surface area (Å²) in [5.74, 6) is 0.117. The number of benzene rings is 1. The molecular weight excluding hydrogens is 365 g/mol. The Morgan fingerprint density at radius 2 is 2.12 bits per heavy atom. The number of likely N-dealkylation sites (N-methyl/N-ethyl adjacent to an activating group) is 1. The average molecular weight is 383 g/mol. The van der Waals surface area contributed by atoms with E-state index in [2.05, 4.69) is 4.98 Å². The van der Waals surface area contributed by atoms with Crippen molar-refractivity contribution in [2.45, 2.75) is 12.6 Å². The first-order valence-corrected chi connectivity index (χ1v) is 8.36. The predicted molar refractivity (Wildman–Crippen MR) is 96.2 cm³/mol. The van der Waals surface area contributed by atoms with Crippen LogP contribution in [-0.4, -0.2) is 46.0 Å². The van der Waals surface area contributed by atoms with E-state index < -0.39 is 11.9 Å². The second-order valence-corrected chi connectivity index (χ2v) is 7.06. The standard InChI is InChI=1S/C16H17Cl2N5O2/c1-21-9-20-6-14(21)23(7-10-3-4-11(17)5-12(10)18)8-13(15(19)24)22(2)16(23)25/h3-6,9,13H,7-8H2,1-2H3,(H-,19,24)/p+1. The highest BCUT2D eigenvalue weighted by molar-refractivity contribution is 6.35. The lowest BCUT2D eigenvalue weighted by Gasteiger charge is -2.29. The third-order valence-electron chi connectivity index (χ3n) is 4.63. The number of aromatic nitrogens is 2. The van der Waals surface area contributed by atoms with Gasteiger partial charge in [0.25, 0.3) is 0 Å². The van der Waals surface area contributed by atoms with E-state index in [0.29, 0.717) is 15.9 Å². The molecule has 1 aromatic heterocycles. The van der Waals surface area contributed by atoms with Crippen molar-refractivity contribution < 1.29 is 9.59 Å². The molecule has 2 N–H and O–H groups in total. The molecular formula is C16H18Cl2N5O2+. The number of imidazole rings is 1. The number of hydrogen-bond donors (Lipinski definition) is 1. The Labute approximate surface area is 155 Å². The molecule has 1 aromatic carbocycles. The fraction of sp³-hybridized carbons (Fsp3) is 0.312. The number of urea groups is 1. The minimum atomic E-state index is -0.700. The number of halogens is 2. The number of amides is 3. The van der Waals surface area contributed by atoms with Gasteiger partial charge in [0.2, 0.25) is 11.7 Å². The maximum absolute atomic E-state index is 13.2. The fourth-order valence-corrected chi connectivity index (χ4v) is 3.79. The summed E-state index contributed by atoms with van der Waals surface area (Å²) in [7, 11) is 3.38. The molecule has 2 aromatic rings. The zero-order valence-corrected chi connectivity index (χ0v) is 15.3. The number of hydrogen-bond acceptors (Lipinski definition) is 3. The third-order valence-corrected chi connectivity index (χ3v) is 5.22. The van der Waals surface area contributed by atoms with Gasteiger partial charge in [0.05, 0.1) is 11.3 Å². The molecule has 1 fully saturated rings. The molecule has 2 atom stereocenters. The molecule has 9 heteroatoms. The van der Waals surface area contributed by atoms with Gasteiger partial charge < -0.3 is 5.73 Å². The largest absolute Gasteiger partial charge is 0.426 e. The lowest BCUT2D eigenvalue weighted by molar-refractivity contribution is -0.121. The zero-order valence-electron chi connectivity index (χ0n) is 13.8. The van der Waals surface area contributed by atoms with Gasteiger partial charge in [-0.25, -0.2) is 9.78 Å². The molecule has 7 nitrogen and oxygen atoms in total. The molecule has 0 bridgehead atoms. The van der Waals surface area contributed by atoms with Gasteiger partial charge in [-0.15, -0.1) is 0 Å². The van der Waals surface area contributed by atoms with Crippen molar-refractivity contribution in [2.24, 2.45) is 12.8 Å². The number of nitrogens with zero attached hydrogens (tertiary/aromatic N) is 4. The van der Waals surface area contributed by atoms with Gasteiger partial charge in [-0.3, -0.25) is 14.3 Å². The maximum atomic E-state index is 13.2. The van der Waals surface area contributed by atoms with E-state index >= 15 is 0 Å². The molecule has 0 radical (unpaired) electrons. The number of quaternary nitrogens is 1. The molecule has 3 rings (SSSR count). The second kappa shape index (κ2) is 6.33. The molecule has 0 spiro atoms. The molecule has 2 unspecified atom stereocenters. The highest BCUT2D eigenvalue weighted by Gasteiger charge is 2.56. The van der Waals surface area contributed by atoms with Crippen molar-refractivity contribution in [1.82, 2.24) is 18.9 Å². The number of carbonyl (C=O) groups is 2. The van der Waals surface area contributed by atoms with Crippen LogP contribution in [0.3, 0.4) is 0 Å². The number of nitrogens with two attached hydrogens (primary N) is 1. The Hall–Kier alpha value is -2.09. The van der Waals surface area contributed by atoms with E-state index in [1.807, 2.05) is 0 Å². The van der Waals surface area contributed by atoms with E-state index in [-0.39, 0.29) is 23.6 Å². The van der Waals surface area contributed by atoms with Crippen LogP contribution in [0.2, 0.25) is 10.0 Å². The van der Waals surface area contributed by atoms with Gasteiger partial charge in [-0.1, -0.05) is 29.3 Å². The van der Waals surface area contributed by atoms with Crippen LogP contribution in [0.5, 0.6) is 0 Å². The van der Waals surface area contributed by atoms with Crippen molar-refractivity contribution in [3.63, 3.8) is 0 Å². The first kappa shape index (κ1) is 17.7. The van der Waals surface area contributed by atoms with Crippen LogP contribution in [0, 0.1) is 0 Å². The van der Waals surface area contributed by atoms with Gasteiger partial charge in [0.1, 0.15) is 19.3 Å². The topological polar surface area (TPSA) is 81.2 Å². The molecule has 132 valence electrons. The maximum Gasteiger partial charge on any atom is 0.426 e. The second-order valence-electron chi connectivity index (χ2n) is 6.22. The molecule has 2 heterocycles. The first-order valence-electron chi connectivity index (χ1n) is 7.61. The van der Waals surface area contributed by atoms with Crippen LogP contribution in [0.25, 0.3) is 0 Å². The Kier molecular flexibility index (Phi) is 4.49. The molecule has 0 aliphatic carbocycles. The van der Waals surface area contributed by atoms with Crippen LogP contribution < -0.4 is 10.2 Å². The van der Waals surface area contributed by atoms with Gasteiger partial charge in [-0.2, -0.15) is 4.48 Å². The van der Waals surface area contributed by atoms with Crippen LogP contribution in [0.1, 0.15) is 5.56 Å². The highest BCUT2D eigenvalue weighted by atomic mass is 35.5. The van der Waals surface area contributed by atoms with Crippen LogP contribution >= 0.6 is 23.2 Å². The normalized spacial score (nSPS) is 23.3. The van der Waals surface area contributed by atoms with Crippen molar-refractivity contribution in [3.8, 4) is 0 Å². The Bertz CT molecular complexity index is 853. The lowest BCUT2D eigenvalue weighted by Crippen LogP contribution is -2.52. The van der Waals surface area contributed by atoms with E-state index in [0.717, 1.165) is 5.56 Å². The summed E-state index contributed by atoms with van der Waals surface area (Å²) in [5.41, 5.74) is 6.25. The van der Waals surface area contributed by atoms with Crippen LogP contribution in [-0.2, 0) is 18.4 Å². The van der Waals surface area contributed by atoms with Gasteiger partial charge >= 0.3 is 6.03 Å². The molecule has 25 heavy (non-hydrogen) atoms. The minimum Gasteiger partial charge on any atom is -0.368 e. The molecule has 1 aliphatic heterocycles. The number of carbonyl (C=O) groups excluding carboxylic acids is 2. The monoisotopic (exact) mass is 382 g/mol. The smallest absolute Gasteiger partial charge is 0.368 e. The van der Waals surface area contributed by atoms with Crippen molar-refractivity contribution in [3.05, 3.63) is 46.3 Å². The average Bonchev–Trinajstić information content (AvgIpc) is 3.08. The van der Waals surface area contributed by atoms with E-state index in [1.54, 1.807) is 49.4 Å². The van der Waals surface area contributed by atoms with Gasteiger partial charge in [0, 0.05) is 24.7 Å². The number of rotatable bonds is 4. The quantitative estimate of drug-likeness (QED) is 0.822. The Morgan fingerprint density at radius 3 is 2.64 bits per heavy atom. The Balaban J connectivity index is 2.13. The number of primary amides is 1. The van der Waals surface area contributed by atoms with Crippen LogP contribution in [0.4, 0.5) is 10.6 Å². The summed E-state index contributed by atoms with van der Waals surface area (Å²) >= 11 is 12.3. The summed E-state index contributed by atoms with van der Waals surface area (Å²) in [6.45, 7) is 0.478. The van der Waals surface area contributed by atoms with Crippen molar-refractivity contribution in [1.29, 1.82) is 0 Å². The highest BCUT2D eigenvalue weighted by Crippen LogP contribution is 2.35. The summed E-state index contributed by atoms with van der Waals surface area (Å²) in [5, 5.41) is 0.978. The summed E-state index contributed by atoms with van der Waals surface area (Å²) in [6.07, 6.45) is 3.24. The summed E-state index contributed by atoms with van der Waals surface area (Å²) in [4.78, 5) is 30.5. The summed E-state index contributed by atoms with van der Waals surface area (Å²) in [6, 6.07) is 4.20. The number of aryl methyl sites for hydroxylation is 1. The van der Waals surface area contributed by atoms with Crippen molar-refractivity contribution in [2.75, 3.05) is 13.6 Å². The zero-order chi connectivity index (χ0) is 18.4. The predicted octanol–water partition coefficient (Wildman–Crippen LogP) is 2.15. The first-order chi connectivity index (χ1) is 11.8. The fourth-order valence-electron chi connectivity index (χ4n) is 3.32. The third kappa shape index (κ3) is 2.88. The minimum absolute atomic E-state index is 0.123. The van der Waals surface area contributed by atoms with Crippen LogP contribution in [0.15, 0.2) is 30.7 Å². The van der Waals surface area contributed by atoms with E-state index in [1.165, 1.54) is 4.90 Å². The van der Waals surface area contributed by atoms with E-state index in [4.69, 9.17) is 28.9 Å². The van der Waals surface area contributed by atoms with Gasteiger partial charge in [-0.05, 0) is 12.1 Å². The summed E-state index contributed by atoms with van der Waals surface area (Å²) < 4.78 is 1.64. The van der Waals surface area contributed by atoms with Crippen molar-refractivity contribution >= 4 is 41.0 Å². The molecule has 0 saturated carbocycles. The molecule has 1 saturated heterocycles. The lowest BCUT2D eigenvalue weighted by atomic mass is 10.1. The van der Waals surface area contributed by atoms with E-state index in [9.17, 15) is 9.59 Å².